The summed E-state index contributed by atoms with van der Waals surface area (Å²) in [6.07, 6.45) is 3.40. The van der Waals surface area contributed by atoms with E-state index in [0.29, 0.717) is 24.9 Å². The molecule has 0 unspecified atom stereocenters. The van der Waals surface area contributed by atoms with Gasteiger partial charge in [-0.25, -0.2) is 0 Å². The van der Waals surface area contributed by atoms with Crippen molar-refractivity contribution in [2.24, 2.45) is 0 Å². The highest BCUT2D eigenvalue weighted by Gasteiger charge is 2.19. The fourth-order valence-electron chi connectivity index (χ4n) is 1.14. The summed E-state index contributed by atoms with van der Waals surface area (Å²) in [5.41, 5.74) is 5.64. The Morgan fingerprint density at radius 3 is 2.83 bits per heavy atom. The van der Waals surface area contributed by atoms with E-state index in [1.54, 1.807) is 12.4 Å². The van der Waals surface area contributed by atoms with E-state index in [-0.39, 0.29) is 5.43 Å². The zero-order valence-corrected chi connectivity index (χ0v) is 6.56. The molecule has 0 aliphatic carbocycles. The van der Waals surface area contributed by atoms with Crippen molar-refractivity contribution in [1.82, 2.24) is 4.57 Å². The second-order valence-corrected chi connectivity index (χ2v) is 2.90. The number of nitrogen functional groups attached to an aromatic ring is 1. The van der Waals surface area contributed by atoms with Gasteiger partial charge in [-0.1, -0.05) is 0 Å². The van der Waals surface area contributed by atoms with Gasteiger partial charge >= 0.3 is 0 Å². The third kappa shape index (κ3) is 1.10. The minimum atomic E-state index is -0.119. The van der Waals surface area contributed by atoms with Crippen molar-refractivity contribution in [3.05, 3.63) is 28.7 Å². The van der Waals surface area contributed by atoms with E-state index < -0.39 is 0 Å². The number of nitrogens with zero attached hydrogens (tertiary/aromatic N) is 1. The predicted molar refractivity (Wildman–Crippen MR) is 45.0 cm³/mol. The minimum absolute atomic E-state index is 0.119. The Bertz CT molecular complexity index is 341. The average Bonchev–Trinajstić information content (AvgIpc) is 1.93. The van der Waals surface area contributed by atoms with E-state index in [1.807, 2.05) is 4.57 Å². The molecule has 0 radical (unpaired) electrons. The summed E-state index contributed by atoms with van der Waals surface area (Å²) in [5, 5.41) is 0. The highest BCUT2D eigenvalue weighted by atomic mass is 16.5. The molecule has 0 atom stereocenters. The molecule has 2 rings (SSSR count). The van der Waals surface area contributed by atoms with Crippen molar-refractivity contribution in [2.45, 2.75) is 6.04 Å². The van der Waals surface area contributed by atoms with Crippen LogP contribution in [0.3, 0.4) is 0 Å². The zero-order chi connectivity index (χ0) is 8.55. The second-order valence-electron chi connectivity index (χ2n) is 2.90. The molecule has 0 aromatic carbocycles. The highest BCUT2D eigenvalue weighted by Crippen LogP contribution is 2.16. The molecule has 4 nitrogen and oxygen atoms in total. The Morgan fingerprint density at radius 2 is 2.33 bits per heavy atom. The maximum Gasteiger partial charge on any atom is 0.204 e. The summed E-state index contributed by atoms with van der Waals surface area (Å²) in [5.74, 6) is 0. The lowest BCUT2D eigenvalue weighted by atomic mass is 10.2. The van der Waals surface area contributed by atoms with E-state index >= 15 is 0 Å². The van der Waals surface area contributed by atoms with Crippen LogP contribution in [0, 0.1) is 0 Å². The third-order valence-corrected chi connectivity index (χ3v) is 2.01. The number of nitrogens with two attached hydrogens (primary N) is 1. The lowest BCUT2D eigenvalue weighted by Gasteiger charge is -2.28. The fourth-order valence-corrected chi connectivity index (χ4v) is 1.14. The number of anilines is 1. The topological polar surface area (TPSA) is 57.2 Å². The van der Waals surface area contributed by atoms with E-state index in [0.717, 1.165) is 0 Å². The molecule has 0 spiro atoms. The van der Waals surface area contributed by atoms with Crippen LogP contribution in [0.1, 0.15) is 6.04 Å². The summed E-state index contributed by atoms with van der Waals surface area (Å²) in [7, 11) is 0. The number of ether oxygens (including phenoxy) is 1. The van der Waals surface area contributed by atoms with Gasteiger partial charge in [0.15, 0.2) is 0 Å². The molecule has 4 heteroatoms. The Kier molecular flexibility index (Phi) is 1.62. The van der Waals surface area contributed by atoms with Crippen LogP contribution in [0.15, 0.2) is 23.3 Å². The van der Waals surface area contributed by atoms with E-state index in [9.17, 15) is 4.79 Å². The van der Waals surface area contributed by atoms with Crippen molar-refractivity contribution >= 4 is 5.69 Å². The second kappa shape index (κ2) is 2.64. The van der Waals surface area contributed by atoms with Gasteiger partial charge in [0.05, 0.1) is 24.9 Å². The summed E-state index contributed by atoms with van der Waals surface area (Å²) >= 11 is 0. The first-order valence-corrected chi connectivity index (χ1v) is 3.82. The van der Waals surface area contributed by atoms with Crippen LogP contribution in [0.25, 0.3) is 0 Å². The first-order valence-electron chi connectivity index (χ1n) is 3.82. The third-order valence-electron chi connectivity index (χ3n) is 2.01. The van der Waals surface area contributed by atoms with E-state index in [2.05, 4.69) is 0 Å². The molecule has 1 saturated heterocycles. The van der Waals surface area contributed by atoms with Crippen LogP contribution in [0.5, 0.6) is 0 Å². The molecule has 0 saturated carbocycles. The van der Waals surface area contributed by atoms with Crippen molar-refractivity contribution in [3.8, 4) is 0 Å². The molecule has 2 N–H and O–H groups in total. The zero-order valence-electron chi connectivity index (χ0n) is 6.56. The fraction of sp³-hybridized carbons (Fsp3) is 0.375. The van der Waals surface area contributed by atoms with Crippen molar-refractivity contribution in [2.75, 3.05) is 18.9 Å². The molecule has 1 fully saturated rings. The first-order chi connectivity index (χ1) is 5.77. The van der Waals surface area contributed by atoms with Gasteiger partial charge in [-0.2, -0.15) is 0 Å². The molecular formula is C8H10N2O2. The lowest BCUT2D eigenvalue weighted by molar-refractivity contribution is -0.0234. The summed E-state index contributed by atoms with van der Waals surface area (Å²) < 4.78 is 6.94. The molecule has 2 heterocycles. The number of hydrogen-bond acceptors (Lipinski definition) is 3. The Labute approximate surface area is 69.6 Å². The van der Waals surface area contributed by atoms with Gasteiger partial charge in [0.1, 0.15) is 0 Å². The van der Waals surface area contributed by atoms with Gasteiger partial charge in [0.2, 0.25) is 5.43 Å². The molecule has 1 aliphatic rings. The molecule has 0 amide bonds. The van der Waals surface area contributed by atoms with Crippen molar-refractivity contribution in [1.29, 1.82) is 0 Å². The Morgan fingerprint density at radius 1 is 1.58 bits per heavy atom. The normalized spacial score (nSPS) is 17.3. The smallest absolute Gasteiger partial charge is 0.204 e. The number of aromatic nitrogens is 1. The standard InChI is InChI=1S/C8H10N2O2/c9-7-3-10(2-1-8(7)11)6-4-12-5-6/h1-3,6H,4-5,9H2. The summed E-state index contributed by atoms with van der Waals surface area (Å²) in [6.45, 7) is 1.42. The van der Waals surface area contributed by atoms with Crippen molar-refractivity contribution < 1.29 is 4.74 Å². The molecule has 64 valence electrons. The van der Waals surface area contributed by atoms with E-state index in [4.69, 9.17) is 10.5 Å². The Hall–Kier alpha value is -1.29. The SMILES string of the molecule is Nc1cn(C2COC2)ccc1=O. The van der Waals surface area contributed by atoms with Gasteiger partial charge in [-0.05, 0) is 0 Å². The van der Waals surface area contributed by atoms with Crippen LogP contribution >= 0.6 is 0 Å². The monoisotopic (exact) mass is 166 g/mol. The van der Waals surface area contributed by atoms with Gasteiger partial charge in [0, 0.05) is 18.5 Å². The lowest BCUT2D eigenvalue weighted by Crippen LogP contribution is -2.31. The van der Waals surface area contributed by atoms with Crippen LogP contribution in [-0.2, 0) is 4.74 Å². The van der Waals surface area contributed by atoms with Crippen molar-refractivity contribution in [3.63, 3.8) is 0 Å². The molecule has 12 heavy (non-hydrogen) atoms. The van der Waals surface area contributed by atoms with E-state index in [1.165, 1.54) is 6.07 Å². The van der Waals surface area contributed by atoms with Gasteiger partial charge in [0.25, 0.3) is 0 Å². The van der Waals surface area contributed by atoms with Crippen LogP contribution in [-0.4, -0.2) is 17.8 Å². The summed E-state index contributed by atoms with van der Waals surface area (Å²) in [4.78, 5) is 10.9. The molecule has 1 aromatic rings. The molecule has 1 aromatic heterocycles. The van der Waals surface area contributed by atoms with Crippen LogP contribution in [0.2, 0.25) is 0 Å². The number of pyridine rings is 1. The minimum Gasteiger partial charge on any atom is -0.394 e. The predicted octanol–water partition coefficient (Wildman–Crippen LogP) is 0.00180. The maximum atomic E-state index is 10.9. The first kappa shape index (κ1) is 7.36. The Balaban J connectivity index is 2.33. The number of hydrogen-bond donors (Lipinski definition) is 1. The van der Waals surface area contributed by atoms with Crippen LogP contribution < -0.4 is 11.2 Å². The average molecular weight is 166 g/mol. The maximum absolute atomic E-state index is 10.9. The van der Waals surface area contributed by atoms with Gasteiger partial charge in [-0.15, -0.1) is 0 Å². The molecule has 0 bridgehead atoms. The summed E-state index contributed by atoms with van der Waals surface area (Å²) in [6, 6.07) is 1.83. The van der Waals surface area contributed by atoms with Crippen LogP contribution in [0.4, 0.5) is 5.69 Å². The van der Waals surface area contributed by atoms with Gasteiger partial charge in [-0.3, -0.25) is 4.79 Å². The van der Waals surface area contributed by atoms with Gasteiger partial charge < -0.3 is 15.0 Å². The highest BCUT2D eigenvalue weighted by molar-refractivity contribution is 5.33. The largest absolute Gasteiger partial charge is 0.394 e. The quantitative estimate of drug-likeness (QED) is 0.639. The molecular weight excluding hydrogens is 156 g/mol. The molecule has 1 aliphatic heterocycles. The number of rotatable bonds is 1.